The Labute approximate surface area is 445 Å². The number of likely N-dealkylation sites (tertiary alicyclic amines) is 1. The van der Waals surface area contributed by atoms with E-state index in [-0.39, 0.29) is 49.6 Å². The van der Waals surface area contributed by atoms with Gasteiger partial charge in [0.1, 0.15) is 35.8 Å². The second kappa shape index (κ2) is 23.0. The summed E-state index contributed by atoms with van der Waals surface area (Å²) in [5, 5.41) is 53.0. The van der Waals surface area contributed by atoms with E-state index in [0.29, 0.717) is 48.0 Å². The lowest BCUT2D eigenvalue weighted by atomic mass is 9.48. The van der Waals surface area contributed by atoms with Crippen LogP contribution in [0, 0.1) is 39.9 Å². The van der Waals surface area contributed by atoms with Crippen molar-refractivity contribution >= 4 is 52.0 Å². The van der Waals surface area contributed by atoms with E-state index in [1.165, 1.54) is 0 Å². The third-order valence-electron chi connectivity index (χ3n) is 15.2. The summed E-state index contributed by atoms with van der Waals surface area (Å²) in [7, 11) is 0. The van der Waals surface area contributed by atoms with Crippen LogP contribution < -0.4 is 31.3 Å². The van der Waals surface area contributed by atoms with Crippen LogP contribution in [0.3, 0.4) is 0 Å². The Morgan fingerprint density at radius 2 is 1.69 bits per heavy atom. The minimum absolute atomic E-state index is 0.00963. The first-order chi connectivity index (χ1) is 34.9. The molecule has 8 N–H and O–H groups in total. The normalized spacial score (nSPS) is 22.3. The van der Waals surface area contributed by atoms with Gasteiger partial charge in [0.2, 0.25) is 17.7 Å². The number of anilines is 2. The molecule has 3 fully saturated rings. The molecule has 0 spiro atoms. The Morgan fingerprint density at radius 3 is 2.27 bits per heavy atom. The number of amides is 3. The number of aryl methyl sites for hydroxylation is 1. The number of β-amino-alcohol motifs (C(OH)–C–C–N with tert-alkyl or cyclic N) is 1. The smallest absolute Gasteiger partial charge is 0.242 e. The molecule has 0 radical (unpaired) electrons. The maximum absolute atomic E-state index is 14.5. The molecule has 6 atom stereocenters. The minimum Gasteiger partial charge on any atom is -0.489 e. The number of carbonyl (C=O) groups excluding carboxylic acids is 3. The molecule has 4 aromatic rings. The number of ether oxygens (including phenoxy) is 2. The maximum Gasteiger partial charge on any atom is 0.242 e. The SMILES string of the molecule is Cc1ncsc1-c1ccc([C@H](C)NC(=O)[C@@H]2C[C@@H](O)CN2[C@@H](O)[C@@H](N[C@@H](O)COCCCCCNc2ccc(N(C(=O)C3(C(N)=O)CC3)C3C(C)(C)C(Oc4ccc(C#N)c(Cl)c4)C3(C)C)cc2)C(C)(C)C)cc1. The summed E-state index contributed by atoms with van der Waals surface area (Å²) < 4.78 is 12.4. The first-order valence-corrected chi connectivity index (χ1v) is 26.9. The summed E-state index contributed by atoms with van der Waals surface area (Å²) in [6.07, 6.45) is -0.0135. The average Bonchev–Trinajstić information content (AvgIpc) is 3.92. The summed E-state index contributed by atoms with van der Waals surface area (Å²) in [5.41, 5.74) is 9.59. The fourth-order valence-corrected chi connectivity index (χ4v) is 12.4. The lowest BCUT2D eigenvalue weighted by Gasteiger charge is -2.66. The monoisotopic (exact) mass is 1050 g/mol. The van der Waals surface area contributed by atoms with Crippen LogP contribution in [0.4, 0.5) is 11.4 Å². The number of thiazole rings is 1. The number of benzene rings is 3. The van der Waals surface area contributed by atoms with Gasteiger partial charge in [-0.3, -0.25) is 24.6 Å². The molecule has 400 valence electrons. The largest absolute Gasteiger partial charge is 0.489 e. The zero-order chi connectivity index (χ0) is 53.9. The molecule has 1 aliphatic heterocycles. The summed E-state index contributed by atoms with van der Waals surface area (Å²) in [5.74, 6) is -0.695. The van der Waals surface area contributed by atoms with Gasteiger partial charge in [0.25, 0.3) is 0 Å². The van der Waals surface area contributed by atoms with E-state index in [1.54, 1.807) is 39.3 Å². The number of nitrogens with one attached hydrogen (secondary N) is 3. The van der Waals surface area contributed by atoms with Gasteiger partial charge in [-0.1, -0.05) is 84.3 Å². The van der Waals surface area contributed by atoms with E-state index in [2.05, 4.69) is 27.0 Å². The van der Waals surface area contributed by atoms with Crippen LogP contribution in [-0.2, 0) is 19.1 Å². The second-order valence-electron chi connectivity index (χ2n) is 22.7. The number of hydrogen-bond donors (Lipinski definition) is 7. The van der Waals surface area contributed by atoms with Crippen molar-refractivity contribution in [1.82, 2.24) is 20.5 Å². The van der Waals surface area contributed by atoms with Crippen LogP contribution in [0.2, 0.25) is 5.02 Å². The molecule has 1 saturated heterocycles. The number of hydrogen-bond acceptors (Lipinski definition) is 14. The van der Waals surface area contributed by atoms with Crippen LogP contribution in [-0.4, -0.2) is 112 Å². The topological polar surface area (TPSA) is 236 Å². The molecule has 3 aromatic carbocycles. The molecule has 18 heteroatoms. The Bertz CT molecular complexity index is 2630. The molecule has 74 heavy (non-hydrogen) atoms. The number of rotatable bonds is 23. The highest BCUT2D eigenvalue weighted by atomic mass is 35.5. The Morgan fingerprint density at radius 1 is 1.01 bits per heavy atom. The van der Waals surface area contributed by atoms with Gasteiger partial charge in [-0.25, -0.2) is 4.98 Å². The third kappa shape index (κ3) is 12.2. The highest BCUT2D eigenvalue weighted by Gasteiger charge is 2.69. The minimum atomic E-state index is -1.24. The van der Waals surface area contributed by atoms with Crippen LogP contribution in [0.5, 0.6) is 5.75 Å². The highest BCUT2D eigenvalue weighted by molar-refractivity contribution is 7.13. The van der Waals surface area contributed by atoms with Crippen molar-refractivity contribution in [3.63, 3.8) is 0 Å². The predicted molar refractivity (Wildman–Crippen MR) is 288 cm³/mol. The van der Waals surface area contributed by atoms with Gasteiger partial charge in [0.15, 0.2) is 0 Å². The summed E-state index contributed by atoms with van der Waals surface area (Å²) in [6.45, 7) is 19.1. The number of aromatic nitrogens is 1. The molecule has 16 nitrogen and oxygen atoms in total. The van der Waals surface area contributed by atoms with Gasteiger partial charge >= 0.3 is 0 Å². The zero-order valence-corrected chi connectivity index (χ0v) is 45.7. The van der Waals surface area contributed by atoms with E-state index in [9.17, 15) is 35.0 Å². The fourth-order valence-electron chi connectivity index (χ4n) is 11.4. The number of nitriles is 1. The van der Waals surface area contributed by atoms with Crippen molar-refractivity contribution in [2.24, 2.45) is 27.4 Å². The molecule has 3 amide bonds. The number of nitrogens with two attached hydrogens (primary N) is 1. The molecule has 3 aliphatic rings. The fraction of sp³-hybridized carbons (Fsp3) is 0.554. The van der Waals surface area contributed by atoms with E-state index < -0.39 is 58.2 Å². The summed E-state index contributed by atoms with van der Waals surface area (Å²) in [6, 6.07) is 20.6. The Kier molecular flexibility index (Phi) is 17.6. The number of nitrogens with zero attached hydrogens (tertiary/aromatic N) is 4. The molecule has 2 heterocycles. The number of unbranched alkanes of at least 4 members (excludes halogenated alkanes) is 2. The quantitative estimate of drug-likeness (QED) is 0.0215. The lowest BCUT2D eigenvalue weighted by Crippen LogP contribution is -2.76. The van der Waals surface area contributed by atoms with Crippen LogP contribution in [0.1, 0.15) is 117 Å². The van der Waals surface area contributed by atoms with E-state index in [1.807, 2.05) is 116 Å². The van der Waals surface area contributed by atoms with E-state index in [4.69, 9.17) is 26.8 Å². The predicted octanol–water partition coefficient (Wildman–Crippen LogP) is 7.68. The number of aliphatic hydroxyl groups is 3. The van der Waals surface area contributed by atoms with Gasteiger partial charge in [-0.2, -0.15) is 5.26 Å². The summed E-state index contributed by atoms with van der Waals surface area (Å²) >= 11 is 7.92. The van der Waals surface area contributed by atoms with Crippen molar-refractivity contribution < 1.29 is 39.2 Å². The van der Waals surface area contributed by atoms with Crippen molar-refractivity contribution in [2.45, 2.75) is 150 Å². The van der Waals surface area contributed by atoms with E-state index in [0.717, 1.165) is 46.6 Å². The average molecular weight is 1060 g/mol. The number of halogens is 1. The molecular formula is C56H75ClN8O8S. The molecule has 2 aliphatic carbocycles. The number of primary amides is 1. The molecule has 2 saturated carbocycles. The van der Waals surface area contributed by atoms with Gasteiger partial charge in [-0.15, -0.1) is 11.3 Å². The third-order valence-corrected chi connectivity index (χ3v) is 16.5. The van der Waals surface area contributed by atoms with E-state index >= 15 is 0 Å². The molecular weight excluding hydrogens is 980 g/mol. The van der Waals surface area contributed by atoms with Crippen molar-refractivity contribution in [2.75, 3.05) is 36.5 Å². The Balaban J connectivity index is 0.865. The second-order valence-corrected chi connectivity index (χ2v) is 24.0. The van der Waals surface area contributed by atoms with Crippen LogP contribution >= 0.6 is 22.9 Å². The van der Waals surface area contributed by atoms with Crippen LogP contribution in [0.15, 0.2) is 72.2 Å². The van der Waals surface area contributed by atoms with Gasteiger partial charge in [0, 0.05) is 48.0 Å². The maximum atomic E-state index is 14.5. The molecule has 0 unspecified atom stereocenters. The van der Waals surface area contributed by atoms with Gasteiger partial charge in [0.05, 0.1) is 63.5 Å². The molecule has 7 rings (SSSR count). The standard InChI is InChI=1S/C56H75ClN8O8S/c1-33(35-13-15-36(16-14-35)45-34(2)61-32-74-45)62-47(68)43-27-40(66)30-64(43)48(69)46(53(3,4)5)63-44(67)31-72-26-12-10-11-25-60-38-18-20-39(21-19-38)65(52(71)56(23-24-56)51(59)70)49-54(6,7)50(55(49,8)9)73-41-22-17-37(29-58)42(57)28-41/h13-22,28,32-33,40,43-44,46,48-50,60,63,66-67,69H,10-12,23-27,30-31H2,1-9H3,(H2,59,70)(H,62,68)/t33-,40+,43-,44-,46+,48-,49?,50?/m0/s1. The van der Waals surface area contributed by atoms with Crippen molar-refractivity contribution in [1.29, 1.82) is 5.26 Å². The first kappa shape index (κ1) is 56.6. The van der Waals surface area contributed by atoms with Crippen molar-refractivity contribution in [3.8, 4) is 22.3 Å². The zero-order valence-electron chi connectivity index (χ0n) is 44.2. The summed E-state index contributed by atoms with van der Waals surface area (Å²) in [4.78, 5) is 49.8. The number of aliphatic hydroxyl groups excluding tert-OH is 3. The Hall–Kier alpha value is -5.16. The number of carbonyl (C=O) groups is 3. The van der Waals surface area contributed by atoms with Gasteiger partial charge in [-0.05, 0) is 105 Å². The van der Waals surface area contributed by atoms with Crippen molar-refractivity contribution in [3.05, 3.63) is 94.1 Å². The molecule has 1 aromatic heterocycles. The molecule has 0 bridgehead atoms. The van der Waals surface area contributed by atoms with Gasteiger partial charge < -0.3 is 46.1 Å². The highest BCUT2D eigenvalue weighted by Crippen LogP contribution is 2.60. The lowest BCUT2D eigenvalue weighted by molar-refractivity contribution is -0.164. The first-order valence-electron chi connectivity index (χ1n) is 25.7. The van der Waals surface area contributed by atoms with Crippen LogP contribution in [0.25, 0.3) is 10.4 Å².